The van der Waals surface area contributed by atoms with E-state index in [-0.39, 0.29) is 0 Å². The highest BCUT2D eigenvalue weighted by Gasteiger charge is 1.95. The van der Waals surface area contributed by atoms with Crippen LogP contribution in [0, 0.1) is 0 Å². The molecular weight excluding hydrogens is 253 g/mol. The highest BCUT2D eigenvalue weighted by molar-refractivity contribution is 6.33. The second-order valence-electron chi connectivity index (χ2n) is 4.92. The molecule has 0 unspecified atom stereocenters. The molecule has 0 rings (SSSR count). The van der Waals surface area contributed by atoms with Crippen LogP contribution in [-0.2, 0) is 0 Å². The third kappa shape index (κ3) is 16.5. The predicted octanol–water partition coefficient (Wildman–Crippen LogP) is 6.30. The van der Waals surface area contributed by atoms with Gasteiger partial charge in [-0.3, -0.25) is 0 Å². The second-order valence-corrected chi connectivity index (χ2v) is 5.90. The minimum atomic E-state index is 0.792. The van der Waals surface area contributed by atoms with E-state index in [4.69, 9.17) is 23.6 Å². The molecule has 0 fully saturated rings. The number of rotatable bonds is 13. The third-order valence-electron chi connectivity index (χ3n) is 3.18. The van der Waals surface area contributed by atoms with Crippen molar-refractivity contribution in [3.8, 4) is 0 Å². The summed E-state index contributed by atoms with van der Waals surface area (Å²) in [7, 11) is 0. The third-order valence-corrected chi connectivity index (χ3v) is 3.52. The zero-order valence-electron chi connectivity index (χ0n) is 11.4. The van der Waals surface area contributed by atoms with Crippen molar-refractivity contribution in [2.45, 2.75) is 84.0 Å². The summed E-state index contributed by atoms with van der Waals surface area (Å²) < 4.78 is 1.23. The fraction of sp³-hybridized carbons (Fsp3) is 1.00. The Morgan fingerprint density at radius 2 is 0.941 bits per heavy atom. The lowest BCUT2D eigenvalue weighted by Crippen LogP contribution is -1.99. The van der Waals surface area contributed by atoms with Gasteiger partial charge in [0.25, 0.3) is 0 Å². The smallest absolute Gasteiger partial charge is 0.0304 e. The van der Waals surface area contributed by atoms with Gasteiger partial charge in [-0.2, -0.15) is 0 Å². The van der Waals surface area contributed by atoms with Crippen LogP contribution in [0.25, 0.3) is 0 Å². The second kappa shape index (κ2) is 14.6. The number of hydrogen-bond acceptors (Lipinski definition) is 1. The molecule has 0 bridgehead atoms. The van der Waals surface area contributed by atoms with Gasteiger partial charge in [0.15, 0.2) is 0 Å². The molecule has 0 aliphatic carbocycles. The molecule has 0 N–H and O–H groups in total. The Bertz CT molecular complexity index is 140. The van der Waals surface area contributed by atoms with Gasteiger partial charge in [0.2, 0.25) is 0 Å². The highest BCUT2D eigenvalue weighted by Crippen LogP contribution is 2.12. The van der Waals surface area contributed by atoms with Gasteiger partial charge < -0.3 is 0 Å². The molecule has 0 saturated heterocycles. The van der Waals surface area contributed by atoms with Crippen LogP contribution in [-0.4, -0.2) is 10.5 Å². The molecule has 0 aromatic heterocycles. The van der Waals surface area contributed by atoms with Gasteiger partial charge in [-0.1, -0.05) is 77.6 Å². The highest BCUT2D eigenvalue weighted by atomic mass is 35.5. The largest absolute Gasteiger partial charge is 0.132 e. The molecule has 0 aromatic rings. The molecule has 0 aromatic carbocycles. The lowest BCUT2D eigenvalue weighted by atomic mass is 10.1. The molecular formula is C14H29Cl2N. The topological polar surface area (TPSA) is 3.24 Å². The lowest BCUT2D eigenvalue weighted by molar-refractivity contribution is 0.532. The minimum absolute atomic E-state index is 0.792. The van der Waals surface area contributed by atoms with Crippen LogP contribution in [0.4, 0.5) is 0 Å². The molecule has 1 nitrogen and oxygen atoms in total. The zero-order chi connectivity index (χ0) is 12.8. The van der Waals surface area contributed by atoms with E-state index in [0.29, 0.717) is 0 Å². The van der Waals surface area contributed by atoms with Crippen molar-refractivity contribution in [2.75, 3.05) is 6.54 Å². The fourth-order valence-electron chi connectivity index (χ4n) is 2.07. The molecule has 0 aliphatic heterocycles. The van der Waals surface area contributed by atoms with E-state index in [9.17, 15) is 0 Å². The van der Waals surface area contributed by atoms with Crippen molar-refractivity contribution >= 4 is 23.6 Å². The Kier molecular flexibility index (Phi) is 15.1. The summed E-state index contributed by atoms with van der Waals surface area (Å²) in [6.07, 6.45) is 16.4. The Morgan fingerprint density at radius 3 is 1.29 bits per heavy atom. The fourth-order valence-corrected chi connectivity index (χ4v) is 2.31. The number of hydrogen-bond donors (Lipinski definition) is 0. The first-order valence-electron chi connectivity index (χ1n) is 7.36. The summed E-state index contributed by atoms with van der Waals surface area (Å²) in [6.45, 7) is 3.06. The average Bonchev–Trinajstić information content (AvgIpc) is 2.30. The maximum Gasteiger partial charge on any atom is 0.0304 e. The van der Waals surface area contributed by atoms with Crippen LogP contribution in [0.5, 0.6) is 0 Å². The van der Waals surface area contributed by atoms with Gasteiger partial charge in [-0.05, 0) is 30.0 Å². The molecule has 0 amide bonds. The minimum Gasteiger partial charge on any atom is -0.132 e. The molecule has 104 valence electrons. The maximum atomic E-state index is 5.51. The quantitative estimate of drug-likeness (QED) is 0.283. The summed E-state index contributed by atoms with van der Waals surface area (Å²) in [5, 5.41) is 0. The molecule has 0 aliphatic rings. The molecule has 3 heteroatoms. The van der Waals surface area contributed by atoms with Crippen molar-refractivity contribution in [1.29, 1.82) is 0 Å². The average molecular weight is 282 g/mol. The Labute approximate surface area is 118 Å². The van der Waals surface area contributed by atoms with E-state index < -0.39 is 0 Å². The van der Waals surface area contributed by atoms with E-state index in [1.165, 1.54) is 74.6 Å². The Morgan fingerprint density at radius 1 is 0.588 bits per heavy atom. The van der Waals surface area contributed by atoms with E-state index >= 15 is 0 Å². The Hall–Kier alpha value is 0.540. The van der Waals surface area contributed by atoms with Gasteiger partial charge in [-0.25, -0.2) is 0 Å². The summed E-state index contributed by atoms with van der Waals surface area (Å²) in [4.78, 5) is 0. The van der Waals surface area contributed by atoms with Crippen LogP contribution in [0.1, 0.15) is 84.0 Å². The van der Waals surface area contributed by atoms with E-state index in [2.05, 4.69) is 6.92 Å². The van der Waals surface area contributed by atoms with Gasteiger partial charge in [0.05, 0.1) is 0 Å². The summed E-state index contributed by atoms with van der Waals surface area (Å²) in [6, 6.07) is 0. The summed E-state index contributed by atoms with van der Waals surface area (Å²) >= 11 is 11.0. The van der Waals surface area contributed by atoms with Crippen LogP contribution < -0.4 is 0 Å². The van der Waals surface area contributed by atoms with Crippen molar-refractivity contribution in [3.05, 3.63) is 0 Å². The first-order chi connectivity index (χ1) is 8.27. The first kappa shape index (κ1) is 17.5. The molecule has 0 saturated carbocycles. The van der Waals surface area contributed by atoms with Crippen LogP contribution in [0.2, 0.25) is 0 Å². The number of nitrogens with zero attached hydrogens (tertiary/aromatic N) is 1. The van der Waals surface area contributed by atoms with Gasteiger partial charge in [0, 0.05) is 6.54 Å². The first-order valence-corrected chi connectivity index (χ1v) is 8.04. The zero-order valence-corrected chi connectivity index (χ0v) is 12.9. The molecule has 17 heavy (non-hydrogen) atoms. The molecule has 0 spiro atoms. The summed E-state index contributed by atoms with van der Waals surface area (Å²) in [5.41, 5.74) is 0. The van der Waals surface area contributed by atoms with Gasteiger partial charge >= 0.3 is 0 Å². The van der Waals surface area contributed by atoms with Crippen LogP contribution in [0.3, 0.4) is 0 Å². The molecule has 0 radical (unpaired) electrons. The van der Waals surface area contributed by atoms with Crippen LogP contribution in [0.15, 0.2) is 0 Å². The number of unbranched alkanes of at least 4 members (excludes halogenated alkanes) is 11. The Balaban J connectivity index is 2.89. The van der Waals surface area contributed by atoms with E-state index in [0.717, 1.165) is 13.0 Å². The van der Waals surface area contributed by atoms with Gasteiger partial charge in [-0.15, -0.1) is 3.94 Å². The maximum absolute atomic E-state index is 5.51. The van der Waals surface area contributed by atoms with Crippen molar-refractivity contribution < 1.29 is 0 Å². The van der Waals surface area contributed by atoms with Crippen molar-refractivity contribution in [1.82, 2.24) is 3.94 Å². The lowest BCUT2D eigenvalue weighted by Gasteiger charge is -2.04. The molecule has 0 atom stereocenters. The van der Waals surface area contributed by atoms with E-state index in [1.807, 2.05) is 0 Å². The SMILES string of the molecule is CCCCCCCCCCCCCCN(Cl)Cl. The standard InChI is InChI=1S/C14H29Cl2N/c1-2-3-4-5-6-7-8-9-10-11-12-13-14-17(15)16/h2-14H2,1H3. The van der Waals surface area contributed by atoms with Crippen molar-refractivity contribution in [3.63, 3.8) is 0 Å². The molecule has 0 heterocycles. The van der Waals surface area contributed by atoms with Crippen LogP contribution >= 0.6 is 23.6 Å². The monoisotopic (exact) mass is 281 g/mol. The summed E-state index contributed by atoms with van der Waals surface area (Å²) in [5.74, 6) is 0. The van der Waals surface area contributed by atoms with Gasteiger partial charge in [0.1, 0.15) is 0 Å². The van der Waals surface area contributed by atoms with Crippen molar-refractivity contribution in [2.24, 2.45) is 0 Å². The predicted molar refractivity (Wildman–Crippen MR) is 79.5 cm³/mol. The van der Waals surface area contributed by atoms with E-state index in [1.54, 1.807) is 0 Å². The normalized spacial score (nSPS) is 11.3. The number of halogens is 2.